The van der Waals surface area contributed by atoms with Gasteiger partial charge in [-0.15, -0.1) is 0 Å². The van der Waals surface area contributed by atoms with Crippen molar-refractivity contribution < 1.29 is 42.7 Å². The average Bonchev–Trinajstić information content (AvgIpc) is 3.12. The molecule has 0 aromatic heterocycles. The third-order valence-electron chi connectivity index (χ3n) is 8.30. The summed E-state index contributed by atoms with van der Waals surface area (Å²) in [6.07, 6.45) is 37.4. The van der Waals surface area contributed by atoms with Crippen LogP contribution < -0.4 is 5.73 Å². The fourth-order valence-electron chi connectivity index (χ4n) is 5.24. The van der Waals surface area contributed by atoms with E-state index < -0.39 is 38.6 Å². The van der Waals surface area contributed by atoms with Gasteiger partial charge in [0, 0.05) is 19.4 Å². The van der Waals surface area contributed by atoms with Gasteiger partial charge < -0.3 is 25.2 Å². The number of aliphatic hydroxyl groups excluding tert-OH is 1. The van der Waals surface area contributed by atoms with Crippen LogP contribution in [0.3, 0.4) is 0 Å². The first-order valence-electron chi connectivity index (χ1n) is 20.2. The summed E-state index contributed by atoms with van der Waals surface area (Å²) >= 11 is 0. The van der Waals surface area contributed by atoms with Crippen LogP contribution in [0.2, 0.25) is 0 Å². The molecule has 302 valence electrons. The SMILES string of the molecule is CCCCC/C=C\C[C@@H](O)/C=C/C=C\C/C=C\CCCC(=O)OC[C@H](COP(=O)(O)OCCN)OC(=O)CCCCCCCCCCCCCCC. The number of carbonyl (C=O) groups excluding carboxylic acids is 2. The molecule has 0 aromatic rings. The van der Waals surface area contributed by atoms with E-state index in [0.717, 1.165) is 32.1 Å². The first-order chi connectivity index (χ1) is 25.2. The van der Waals surface area contributed by atoms with Gasteiger partial charge in [-0.05, 0) is 44.9 Å². The molecular weight excluding hydrogens is 681 g/mol. The Labute approximate surface area is 316 Å². The van der Waals surface area contributed by atoms with Crippen LogP contribution >= 0.6 is 7.82 Å². The fourth-order valence-corrected chi connectivity index (χ4v) is 6.00. The first-order valence-corrected chi connectivity index (χ1v) is 21.7. The van der Waals surface area contributed by atoms with Crippen LogP contribution in [0.25, 0.3) is 0 Å². The summed E-state index contributed by atoms with van der Waals surface area (Å²) in [5.74, 6) is -0.934. The Bertz CT molecular complexity index is 1010. The molecule has 0 aliphatic rings. The molecule has 0 saturated heterocycles. The highest BCUT2D eigenvalue weighted by atomic mass is 31.2. The molecule has 0 fully saturated rings. The summed E-state index contributed by atoms with van der Waals surface area (Å²) in [6, 6.07) is 0. The number of unbranched alkanes of at least 4 members (excludes halogenated alkanes) is 16. The molecule has 4 N–H and O–H groups in total. The molecule has 11 heteroatoms. The van der Waals surface area contributed by atoms with Gasteiger partial charge in [0.25, 0.3) is 0 Å². The predicted molar refractivity (Wildman–Crippen MR) is 212 cm³/mol. The molecule has 0 aromatic carbocycles. The number of phosphoric acid groups is 1. The summed E-state index contributed by atoms with van der Waals surface area (Å²) < 4.78 is 32.6. The minimum absolute atomic E-state index is 0.0366. The van der Waals surface area contributed by atoms with Crippen molar-refractivity contribution in [3.05, 3.63) is 48.6 Å². The van der Waals surface area contributed by atoms with Gasteiger partial charge in [0.05, 0.1) is 19.3 Å². The number of esters is 2. The Hall–Kier alpha value is -2.07. The van der Waals surface area contributed by atoms with Crippen LogP contribution in [0.4, 0.5) is 0 Å². The summed E-state index contributed by atoms with van der Waals surface area (Å²) in [6.45, 7) is 3.53. The van der Waals surface area contributed by atoms with Crippen LogP contribution in [0.15, 0.2) is 48.6 Å². The highest BCUT2D eigenvalue weighted by Crippen LogP contribution is 2.43. The zero-order chi connectivity index (χ0) is 38.4. The van der Waals surface area contributed by atoms with Gasteiger partial charge in [-0.1, -0.05) is 152 Å². The van der Waals surface area contributed by atoms with Gasteiger partial charge in [0.15, 0.2) is 6.10 Å². The molecule has 52 heavy (non-hydrogen) atoms. The smallest absolute Gasteiger partial charge is 0.462 e. The fraction of sp³-hybridized carbons (Fsp3) is 0.756. The quantitative estimate of drug-likeness (QED) is 0.0183. The van der Waals surface area contributed by atoms with Crippen molar-refractivity contribution >= 4 is 19.8 Å². The minimum atomic E-state index is -4.40. The summed E-state index contributed by atoms with van der Waals surface area (Å²) in [5.41, 5.74) is 5.33. The molecule has 0 spiro atoms. The average molecular weight is 756 g/mol. The number of rotatable bonds is 37. The van der Waals surface area contributed by atoms with Crippen molar-refractivity contribution in [1.29, 1.82) is 0 Å². The number of aliphatic hydroxyl groups is 1. The lowest BCUT2D eigenvalue weighted by atomic mass is 10.0. The number of carbonyl (C=O) groups is 2. The van der Waals surface area contributed by atoms with E-state index in [0.29, 0.717) is 25.7 Å². The standard InChI is InChI=1S/C41H74NO9P/c1-3-5-7-9-11-12-13-14-15-16-21-25-29-33-41(45)51-39(37-50-52(46,47)49-35-34-42)36-48-40(44)32-28-24-20-18-17-19-23-27-31-38(43)30-26-22-10-8-6-4-2/h18-20,22-23,26-27,31,38-39,43H,3-17,21,24-25,28-30,32-37,42H2,1-2H3,(H,46,47)/b20-18-,23-19-,26-22-,31-27+/t38-,39-/m1/s1. The van der Waals surface area contributed by atoms with E-state index in [4.69, 9.17) is 24.3 Å². The molecule has 0 heterocycles. The zero-order valence-corrected chi connectivity index (χ0v) is 33.5. The summed E-state index contributed by atoms with van der Waals surface area (Å²) in [7, 11) is -4.40. The first kappa shape index (κ1) is 49.9. The third-order valence-corrected chi connectivity index (χ3v) is 9.28. The van der Waals surface area contributed by atoms with E-state index >= 15 is 0 Å². The van der Waals surface area contributed by atoms with Crippen molar-refractivity contribution in [3.8, 4) is 0 Å². The number of ether oxygens (including phenoxy) is 2. The van der Waals surface area contributed by atoms with E-state index in [9.17, 15) is 24.2 Å². The number of phosphoric ester groups is 1. The largest absolute Gasteiger partial charge is 0.472 e. The number of nitrogens with two attached hydrogens (primary N) is 1. The Morgan fingerprint density at radius 3 is 1.90 bits per heavy atom. The van der Waals surface area contributed by atoms with Gasteiger partial charge in [-0.3, -0.25) is 18.6 Å². The third kappa shape index (κ3) is 36.3. The van der Waals surface area contributed by atoms with Gasteiger partial charge in [0.1, 0.15) is 6.61 Å². The number of hydrogen-bond acceptors (Lipinski definition) is 9. The predicted octanol–water partition coefficient (Wildman–Crippen LogP) is 10.1. The molecule has 0 aliphatic carbocycles. The van der Waals surface area contributed by atoms with E-state index in [1.807, 2.05) is 36.5 Å². The molecular formula is C41H74NO9P. The maximum atomic E-state index is 12.5. The van der Waals surface area contributed by atoms with Crippen molar-refractivity contribution in [1.82, 2.24) is 0 Å². The molecule has 0 bridgehead atoms. The molecule has 0 rings (SSSR count). The monoisotopic (exact) mass is 756 g/mol. The van der Waals surface area contributed by atoms with Gasteiger partial charge in [-0.2, -0.15) is 0 Å². The molecule has 1 unspecified atom stereocenters. The minimum Gasteiger partial charge on any atom is -0.462 e. The Morgan fingerprint density at radius 1 is 0.673 bits per heavy atom. The summed E-state index contributed by atoms with van der Waals surface area (Å²) in [5, 5.41) is 10.0. The highest BCUT2D eigenvalue weighted by molar-refractivity contribution is 7.47. The normalized spacial score (nSPS) is 14.5. The van der Waals surface area contributed by atoms with Crippen LogP contribution in [0.5, 0.6) is 0 Å². The van der Waals surface area contributed by atoms with E-state index in [2.05, 4.69) is 19.9 Å². The van der Waals surface area contributed by atoms with E-state index in [-0.39, 0.29) is 32.6 Å². The van der Waals surface area contributed by atoms with E-state index in [1.54, 1.807) is 6.08 Å². The Balaban J connectivity index is 4.36. The van der Waals surface area contributed by atoms with Crippen LogP contribution in [0.1, 0.15) is 162 Å². The summed E-state index contributed by atoms with van der Waals surface area (Å²) in [4.78, 5) is 34.7. The molecule has 0 radical (unpaired) electrons. The second kappa shape index (κ2) is 37.3. The molecule has 10 nitrogen and oxygen atoms in total. The maximum Gasteiger partial charge on any atom is 0.472 e. The molecule has 3 atom stereocenters. The van der Waals surface area contributed by atoms with Crippen molar-refractivity contribution in [2.45, 2.75) is 174 Å². The maximum absolute atomic E-state index is 12.5. The van der Waals surface area contributed by atoms with Gasteiger partial charge in [0.2, 0.25) is 0 Å². The van der Waals surface area contributed by atoms with Crippen molar-refractivity contribution in [2.24, 2.45) is 5.73 Å². The van der Waals surface area contributed by atoms with Gasteiger partial charge >= 0.3 is 19.8 Å². The Kier molecular flexibility index (Phi) is 35.8. The van der Waals surface area contributed by atoms with E-state index in [1.165, 1.54) is 77.0 Å². The second-order valence-electron chi connectivity index (χ2n) is 13.4. The molecule has 0 aliphatic heterocycles. The van der Waals surface area contributed by atoms with Crippen molar-refractivity contribution in [3.63, 3.8) is 0 Å². The Morgan fingerprint density at radius 2 is 1.25 bits per heavy atom. The topological polar surface area (TPSA) is 155 Å². The second-order valence-corrected chi connectivity index (χ2v) is 14.8. The van der Waals surface area contributed by atoms with Crippen LogP contribution in [-0.2, 0) is 32.7 Å². The van der Waals surface area contributed by atoms with Crippen LogP contribution in [0, 0.1) is 0 Å². The van der Waals surface area contributed by atoms with Gasteiger partial charge in [-0.25, -0.2) is 4.57 Å². The lowest BCUT2D eigenvalue weighted by Gasteiger charge is -2.19. The zero-order valence-electron chi connectivity index (χ0n) is 32.6. The number of allylic oxidation sites excluding steroid dienone is 6. The molecule has 0 saturated carbocycles. The van der Waals surface area contributed by atoms with Crippen LogP contribution in [-0.4, -0.2) is 60.5 Å². The lowest BCUT2D eigenvalue weighted by molar-refractivity contribution is -0.161. The van der Waals surface area contributed by atoms with Crippen molar-refractivity contribution in [2.75, 3.05) is 26.4 Å². The number of hydrogen-bond donors (Lipinski definition) is 3. The highest BCUT2D eigenvalue weighted by Gasteiger charge is 2.25. The molecule has 0 amide bonds. The lowest BCUT2D eigenvalue weighted by Crippen LogP contribution is -2.29.